The van der Waals surface area contributed by atoms with Crippen LogP contribution in [0.15, 0.2) is 12.1 Å². The minimum atomic E-state index is -0.953. The molecule has 1 atom stereocenters. The molecular weight excluding hydrogens is 346 g/mol. The quantitative estimate of drug-likeness (QED) is 0.612. The van der Waals surface area contributed by atoms with E-state index in [-0.39, 0.29) is 18.5 Å². The van der Waals surface area contributed by atoms with Gasteiger partial charge in [0, 0.05) is 6.54 Å². The molecule has 1 fully saturated rings. The van der Waals surface area contributed by atoms with Gasteiger partial charge in [0.05, 0.1) is 6.04 Å². The third-order valence-corrected chi connectivity index (χ3v) is 4.71. The zero-order valence-corrected chi connectivity index (χ0v) is 16.8. The summed E-state index contributed by atoms with van der Waals surface area (Å²) in [7, 11) is 0. The standard InChI is InChI=1S/C20H27N3O4/c1-11(2)9-22-18(25)19(26)23(20(22)27)10-17(24)21-15(6)16-8-13(4)12(3)7-14(16)5/h7-8,11,15H,9-10H2,1-6H3,(H,21,24). The fourth-order valence-electron chi connectivity index (χ4n) is 3.17. The first-order chi connectivity index (χ1) is 12.5. The molecule has 1 N–H and O–H groups in total. The van der Waals surface area contributed by atoms with Crippen LogP contribution < -0.4 is 5.32 Å². The Morgan fingerprint density at radius 3 is 2.07 bits per heavy atom. The summed E-state index contributed by atoms with van der Waals surface area (Å²) in [6.45, 7) is 11.2. The molecule has 1 unspecified atom stereocenters. The zero-order valence-electron chi connectivity index (χ0n) is 16.8. The fourth-order valence-corrected chi connectivity index (χ4v) is 3.17. The highest BCUT2D eigenvalue weighted by molar-refractivity contribution is 6.45. The maximum atomic E-state index is 12.4. The van der Waals surface area contributed by atoms with Gasteiger partial charge in [0.1, 0.15) is 6.54 Å². The van der Waals surface area contributed by atoms with Crippen molar-refractivity contribution in [1.29, 1.82) is 0 Å². The van der Waals surface area contributed by atoms with Crippen molar-refractivity contribution in [3.8, 4) is 0 Å². The highest BCUT2D eigenvalue weighted by atomic mass is 16.2. The fraction of sp³-hybridized carbons (Fsp3) is 0.500. The lowest BCUT2D eigenvalue weighted by atomic mass is 9.96. The Morgan fingerprint density at radius 1 is 0.926 bits per heavy atom. The van der Waals surface area contributed by atoms with Crippen molar-refractivity contribution in [3.63, 3.8) is 0 Å². The Morgan fingerprint density at radius 2 is 1.48 bits per heavy atom. The van der Waals surface area contributed by atoms with E-state index in [0.717, 1.165) is 21.6 Å². The largest absolute Gasteiger partial charge is 0.348 e. The number of hydrogen-bond donors (Lipinski definition) is 1. The van der Waals surface area contributed by atoms with Crippen LogP contribution in [-0.2, 0) is 14.4 Å². The highest BCUT2D eigenvalue weighted by Crippen LogP contribution is 2.22. The van der Waals surface area contributed by atoms with Crippen LogP contribution in [0.1, 0.15) is 49.1 Å². The van der Waals surface area contributed by atoms with Gasteiger partial charge in [0.2, 0.25) is 5.91 Å². The number of amides is 5. The summed E-state index contributed by atoms with van der Waals surface area (Å²) in [5.74, 6) is -2.28. The Labute approximate surface area is 159 Å². The molecule has 1 heterocycles. The van der Waals surface area contributed by atoms with Crippen LogP contribution in [-0.4, -0.2) is 46.6 Å². The summed E-state index contributed by atoms with van der Waals surface area (Å²) in [5.41, 5.74) is 4.32. The molecular formula is C20H27N3O4. The van der Waals surface area contributed by atoms with E-state index >= 15 is 0 Å². The topological polar surface area (TPSA) is 86.8 Å². The van der Waals surface area contributed by atoms with Crippen molar-refractivity contribution in [1.82, 2.24) is 15.1 Å². The van der Waals surface area contributed by atoms with Gasteiger partial charge in [-0.15, -0.1) is 0 Å². The summed E-state index contributed by atoms with van der Waals surface area (Å²) in [6.07, 6.45) is 0. The number of aryl methyl sites for hydroxylation is 3. The van der Waals surface area contributed by atoms with Crippen LogP contribution in [0, 0.1) is 26.7 Å². The lowest BCUT2D eigenvalue weighted by molar-refractivity contribution is -0.144. The van der Waals surface area contributed by atoms with Crippen LogP contribution in [0.3, 0.4) is 0 Å². The zero-order chi connectivity index (χ0) is 20.5. The lowest BCUT2D eigenvalue weighted by Crippen LogP contribution is -2.42. The van der Waals surface area contributed by atoms with Crippen LogP contribution in [0.25, 0.3) is 0 Å². The minimum Gasteiger partial charge on any atom is -0.348 e. The molecule has 7 nitrogen and oxygen atoms in total. The molecule has 0 aromatic heterocycles. The molecule has 0 spiro atoms. The summed E-state index contributed by atoms with van der Waals surface area (Å²) >= 11 is 0. The predicted octanol–water partition coefficient (Wildman–Crippen LogP) is 2.24. The summed E-state index contributed by atoms with van der Waals surface area (Å²) < 4.78 is 0. The Kier molecular flexibility index (Phi) is 6.03. The number of carbonyl (C=O) groups is 4. The molecule has 0 radical (unpaired) electrons. The molecule has 1 aromatic carbocycles. The maximum absolute atomic E-state index is 12.4. The van der Waals surface area contributed by atoms with Gasteiger partial charge >= 0.3 is 17.8 Å². The molecule has 27 heavy (non-hydrogen) atoms. The molecule has 7 heteroatoms. The van der Waals surface area contributed by atoms with E-state index in [0.29, 0.717) is 4.90 Å². The third-order valence-electron chi connectivity index (χ3n) is 4.71. The molecule has 1 aromatic rings. The Balaban J connectivity index is 2.07. The van der Waals surface area contributed by atoms with E-state index < -0.39 is 30.3 Å². The molecule has 5 amide bonds. The average molecular weight is 373 g/mol. The number of benzene rings is 1. The van der Waals surface area contributed by atoms with Crippen LogP contribution >= 0.6 is 0 Å². The lowest BCUT2D eigenvalue weighted by Gasteiger charge is -2.20. The van der Waals surface area contributed by atoms with Crippen molar-refractivity contribution in [2.24, 2.45) is 5.92 Å². The number of urea groups is 1. The highest BCUT2D eigenvalue weighted by Gasteiger charge is 2.45. The Bertz CT molecular complexity index is 801. The smallest absolute Gasteiger partial charge is 0.334 e. The van der Waals surface area contributed by atoms with Gasteiger partial charge in [-0.1, -0.05) is 26.0 Å². The molecule has 0 bridgehead atoms. The van der Waals surface area contributed by atoms with E-state index in [2.05, 4.69) is 11.4 Å². The average Bonchev–Trinajstić information content (AvgIpc) is 2.75. The molecule has 1 aliphatic heterocycles. The van der Waals surface area contributed by atoms with E-state index in [1.807, 2.05) is 47.6 Å². The van der Waals surface area contributed by atoms with Gasteiger partial charge in [0.15, 0.2) is 0 Å². The SMILES string of the molecule is Cc1cc(C)c(C(C)NC(=O)CN2C(=O)C(=O)N(CC(C)C)C2=O)cc1C. The van der Waals surface area contributed by atoms with E-state index in [9.17, 15) is 19.2 Å². The molecule has 0 aliphatic carbocycles. The van der Waals surface area contributed by atoms with Gasteiger partial charge < -0.3 is 5.32 Å². The van der Waals surface area contributed by atoms with Crippen molar-refractivity contribution < 1.29 is 19.2 Å². The van der Waals surface area contributed by atoms with Crippen LogP contribution in [0.5, 0.6) is 0 Å². The minimum absolute atomic E-state index is 0.0345. The van der Waals surface area contributed by atoms with E-state index in [1.165, 1.54) is 5.56 Å². The van der Waals surface area contributed by atoms with Gasteiger partial charge in [-0.25, -0.2) is 9.69 Å². The van der Waals surface area contributed by atoms with Crippen molar-refractivity contribution in [2.75, 3.05) is 13.1 Å². The van der Waals surface area contributed by atoms with Crippen LogP contribution in [0.4, 0.5) is 4.79 Å². The molecule has 1 aliphatic rings. The van der Waals surface area contributed by atoms with Gasteiger partial charge in [-0.05, 0) is 55.9 Å². The van der Waals surface area contributed by atoms with Gasteiger partial charge in [0.25, 0.3) is 0 Å². The number of nitrogens with one attached hydrogen (secondary N) is 1. The first-order valence-electron chi connectivity index (χ1n) is 9.07. The number of imide groups is 2. The molecule has 2 rings (SSSR count). The molecule has 146 valence electrons. The number of hydrogen-bond acceptors (Lipinski definition) is 4. The van der Waals surface area contributed by atoms with Crippen molar-refractivity contribution in [2.45, 2.75) is 47.6 Å². The van der Waals surface area contributed by atoms with E-state index in [4.69, 9.17) is 0 Å². The van der Waals surface area contributed by atoms with Crippen molar-refractivity contribution in [3.05, 3.63) is 34.4 Å². The summed E-state index contributed by atoms with van der Waals surface area (Å²) in [5, 5.41) is 2.81. The normalized spacial score (nSPS) is 15.7. The second-order valence-corrected chi connectivity index (χ2v) is 7.57. The molecule has 0 saturated carbocycles. The number of rotatable bonds is 6. The van der Waals surface area contributed by atoms with E-state index in [1.54, 1.807) is 0 Å². The van der Waals surface area contributed by atoms with Gasteiger partial charge in [-0.3, -0.25) is 19.3 Å². The molecule has 1 saturated heterocycles. The summed E-state index contributed by atoms with van der Waals surface area (Å²) in [4.78, 5) is 50.4. The maximum Gasteiger partial charge on any atom is 0.334 e. The predicted molar refractivity (Wildman–Crippen MR) is 101 cm³/mol. The number of nitrogens with zero attached hydrogens (tertiary/aromatic N) is 2. The first kappa shape index (κ1) is 20.6. The second-order valence-electron chi connectivity index (χ2n) is 7.57. The Hall–Kier alpha value is -2.70. The second kappa shape index (κ2) is 7.90. The van der Waals surface area contributed by atoms with Gasteiger partial charge in [-0.2, -0.15) is 0 Å². The summed E-state index contributed by atoms with van der Waals surface area (Å²) in [6, 6.07) is 3.06. The van der Waals surface area contributed by atoms with Crippen molar-refractivity contribution >= 4 is 23.8 Å². The monoisotopic (exact) mass is 373 g/mol. The number of carbonyl (C=O) groups excluding carboxylic acids is 4. The third kappa shape index (κ3) is 4.35. The first-order valence-corrected chi connectivity index (χ1v) is 9.07. The van der Waals surface area contributed by atoms with Crippen LogP contribution in [0.2, 0.25) is 0 Å².